The number of nitrogens with one attached hydrogen (secondary N) is 1. The number of carbonyl (C=O) groups is 3. The maximum Gasteiger partial charge on any atom is 0.407 e. The summed E-state index contributed by atoms with van der Waals surface area (Å²) in [4.78, 5) is 35.5. The van der Waals surface area contributed by atoms with Crippen LogP contribution in [0, 0.1) is 0 Å². The second-order valence-corrected chi connectivity index (χ2v) is 6.23. The molecule has 0 aromatic heterocycles. The molecule has 0 aliphatic carbocycles. The Morgan fingerprint density at radius 2 is 1.95 bits per heavy atom. The van der Waals surface area contributed by atoms with Crippen molar-refractivity contribution in [3.8, 4) is 0 Å². The second-order valence-electron chi connectivity index (χ2n) is 6.23. The Balaban J connectivity index is 2.58. The summed E-state index contributed by atoms with van der Waals surface area (Å²) in [6, 6.07) is -0.287. The highest BCUT2D eigenvalue weighted by Crippen LogP contribution is 2.21. The largest absolute Gasteiger partial charge is 0.474 e. The minimum atomic E-state index is -1.44. The molecule has 2 atom stereocenters. The first kappa shape index (κ1) is 17.3. The van der Waals surface area contributed by atoms with Gasteiger partial charge in [-0.3, -0.25) is 4.79 Å². The number of ether oxygens (including phenoxy) is 1. The molecule has 0 radical (unpaired) electrons. The summed E-state index contributed by atoms with van der Waals surface area (Å²) >= 11 is 0. The topological polar surface area (TPSA) is 95.9 Å². The third-order valence-electron chi connectivity index (χ3n) is 3.35. The van der Waals surface area contributed by atoms with Gasteiger partial charge in [-0.2, -0.15) is 0 Å². The zero-order valence-corrected chi connectivity index (χ0v) is 13.0. The fraction of sp³-hybridized carbons (Fsp3) is 0.786. The van der Waals surface area contributed by atoms with E-state index in [-0.39, 0.29) is 12.1 Å². The van der Waals surface area contributed by atoms with Crippen LogP contribution in [0.5, 0.6) is 0 Å². The van der Waals surface area contributed by atoms with Crippen LogP contribution in [0.4, 0.5) is 4.79 Å². The van der Waals surface area contributed by atoms with Crippen LogP contribution in [-0.2, 0) is 14.3 Å². The lowest BCUT2D eigenvalue weighted by Gasteiger charge is -2.38. The number of rotatable bonds is 2. The van der Waals surface area contributed by atoms with Crippen LogP contribution in [0.2, 0.25) is 0 Å². The summed E-state index contributed by atoms with van der Waals surface area (Å²) in [6.07, 6.45) is 1.22. The highest BCUT2D eigenvalue weighted by atomic mass is 16.6. The van der Waals surface area contributed by atoms with Gasteiger partial charge in [0.15, 0.2) is 0 Å². The summed E-state index contributed by atoms with van der Waals surface area (Å²) in [5.74, 6) is -2.32. The average Bonchev–Trinajstić information content (AvgIpc) is 2.35. The minimum absolute atomic E-state index is 0.109. The number of aliphatic carboxylic acids is 1. The molecule has 0 spiro atoms. The van der Waals surface area contributed by atoms with Crippen LogP contribution in [-0.4, -0.2) is 52.2 Å². The maximum absolute atomic E-state index is 11.7. The molecule has 1 aliphatic rings. The lowest BCUT2D eigenvalue weighted by atomic mass is 9.95. The Morgan fingerprint density at radius 3 is 2.43 bits per heavy atom. The van der Waals surface area contributed by atoms with Crippen LogP contribution < -0.4 is 5.32 Å². The van der Waals surface area contributed by atoms with Crippen LogP contribution in [0.15, 0.2) is 0 Å². The van der Waals surface area contributed by atoms with Gasteiger partial charge >= 0.3 is 18.0 Å². The molecule has 1 heterocycles. The number of likely N-dealkylation sites (tertiary alicyclic amines) is 1. The Kier molecular flexibility index (Phi) is 5.57. The first-order valence-corrected chi connectivity index (χ1v) is 7.17. The smallest absolute Gasteiger partial charge is 0.407 e. The van der Waals surface area contributed by atoms with E-state index in [0.717, 1.165) is 0 Å². The molecule has 0 saturated carbocycles. The molecule has 2 unspecified atom stereocenters. The number of hydrogen-bond donors (Lipinski definition) is 2. The molecule has 0 aromatic rings. The van der Waals surface area contributed by atoms with Crippen LogP contribution in [0.1, 0.15) is 47.0 Å². The number of amides is 2. The quantitative estimate of drug-likeness (QED) is 0.751. The van der Waals surface area contributed by atoms with Gasteiger partial charge in [0.1, 0.15) is 5.60 Å². The first-order chi connectivity index (χ1) is 9.64. The van der Waals surface area contributed by atoms with Gasteiger partial charge < -0.3 is 20.1 Å². The van der Waals surface area contributed by atoms with Crippen LogP contribution in [0.3, 0.4) is 0 Å². The van der Waals surface area contributed by atoms with E-state index in [1.807, 2.05) is 6.92 Å². The van der Waals surface area contributed by atoms with Crippen molar-refractivity contribution in [3.05, 3.63) is 0 Å². The standard InChI is InChI=1S/C14H24N2O5/c1-5-10-8-9(15-13(20)21-14(2,3)4)6-7-16(10)11(17)12(18)19/h9-10H,5-8H2,1-4H3,(H,15,20)(H,18,19). The number of carboxylic acids is 1. The maximum atomic E-state index is 11.7. The molecule has 1 fully saturated rings. The summed E-state index contributed by atoms with van der Waals surface area (Å²) < 4.78 is 5.20. The van der Waals surface area contributed by atoms with E-state index in [0.29, 0.717) is 25.8 Å². The molecule has 120 valence electrons. The Bertz CT molecular complexity index is 416. The Labute approximate surface area is 124 Å². The van der Waals surface area contributed by atoms with Gasteiger partial charge in [0.25, 0.3) is 0 Å². The summed E-state index contributed by atoms with van der Waals surface area (Å²) in [7, 11) is 0. The molecule has 1 rings (SSSR count). The van der Waals surface area contributed by atoms with Gasteiger partial charge in [-0.25, -0.2) is 9.59 Å². The lowest BCUT2D eigenvalue weighted by Crippen LogP contribution is -2.53. The van der Waals surface area contributed by atoms with Crippen molar-refractivity contribution in [2.75, 3.05) is 6.54 Å². The molecule has 0 bridgehead atoms. The molecule has 2 amide bonds. The third-order valence-corrected chi connectivity index (χ3v) is 3.35. The zero-order valence-electron chi connectivity index (χ0n) is 13.0. The van der Waals surface area contributed by atoms with Crippen molar-refractivity contribution < 1.29 is 24.2 Å². The van der Waals surface area contributed by atoms with E-state index >= 15 is 0 Å². The van der Waals surface area contributed by atoms with Gasteiger partial charge in [0.2, 0.25) is 0 Å². The Morgan fingerprint density at radius 1 is 1.33 bits per heavy atom. The molecule has 7 nitrogen and oxygen atoms in total. The summed E-state index contributed by atoms with van der Waals surface area (Å²) in [5, 5.41) is 11.6. The van der Waals surface area contributed by atoms with E-state index in [2.05, 4.69) is 5.32 Å². The number of hydrogen-bond acceptors (Lipinski definition) is 4. The Hall–Kier alpha value is -1.79. The number of nitrogens with zero attached hydrogens (tertiary/aromatic N) is 1. The molecule has 1 saturated heterocycles. The van der Waals surface area contributed by atoms with Crippen molar-refractivity contribution >= 4 is 18.0 Å². The second kappa shape index (κ2) is 6.78. The normalized spacial score (nSPS) is 22.6. The van der Waals surface area contributed by atoms with E-state index in [1.165, 1.54) is 4.90 Å². The number of alkyl carbamates (subject to hydrolysis) is 1. The highest BCUT2D eigenvalue weighted by molar-refractivity contribution is 6.31. The predicted molar refractivity (Wildman–Crippen MR) is 75.8 cm³/mol. The number of piperidine rings is 1. The monoisotopic (exact) mass is 300 g/mol. The van der Waals surface area contributed by atoms with Gasteiger partial charge in [-0.1, -0.05) is 6.92 Å². The van der Waals surface area contributed by atoms with Gasteiger partial charge in [-0.05, 0) is 40.0 Å². The van der Waals surface area contributed by atoms with Gasteiger partial charge in [-0.15, -0.1) is 0 Å². The fourth-order valence-electron chi connectivity index (χ4n) is 2.43. The molecule has 1 aliphatic heterocycles. The van der Waals surface area contributed by atoms with Crippen molar-refractivity contribution in [1.29, 1.82) is 0 Å². The predicted octanol–water partition coefficient (Wildman–Crippen LogP) is 1.37. The van der Waals surface area contributed by atoms with Crippen LogP contribution in [0.25, 0.3) is 0 Å². The number of carbonyl (C=O) groups excluding carboxylic acids is 2. The summed E-state index contributed by atoms with van der Waals surface area (Å²) in [5.41, 5.74) is -0.561. The third kappa shape index (κ3) is 5.24. The van der Waals surface area contributed by atoms with E-state index < -0.39 is 23.6 Å². The minimum Gasteiger partial charge on any atom is -0.474 e. The molecule has 7 heteroatoms. The number of carboxylic acid groups (broad SMARTS) is 1. The zero-order chi connectivity index (χ0) is 16.2. The SMILES string of the molecule is CCC1CC(NC(=O)OC(C)(C)C)CCN1C(=O)C(=O)O. The molecule has 2 N–H and O–H groups in total. The van der Waals surface area contributed by atoms with E-state index in [4.69, 9.17) is 9.84 Å². The van der Waals surface area contributed by atoms with Crippen molar-refractivity contribution in [2.45, 2.75) is 64.6 Å². The fourth-order valence-corrected chi connectivity index (χ4v) is 2.43. The van der Waals surface area contributed by atoms with E-state index in [9.17, 15) is 14.4 Å². The van der Waals surface area contributed by atoms with Crippen molar-refractivity contribution in [3.63, 3.8) is 0 Å². The highest BCUT2D eigenvalue weighted by Gasteiger charge is 2.34. The molecule has 21 heavy (non-hydrogen) atoms. The molecular weight excluding hydrogens is 276 g/mol. The van der Waals surface area contributed by atoms with Gasteiger partial charge in [0, 0.05) is 18.6 Å². The lowest BCUT2D eigenvalue weighted by molar-refractivity contribution is -0.158. The van der Waals surface area contributed by atoms with Crippen LogP contribution >= 0.6 is 0 Å². The summed E-state index contributed by atoms with van der Waals surface area (Å²) in [6.45, 7) is 7.58. The van der Waals surface area contributed by atoms with Crippen molar-refractivity contribution in [1.82, 2.24) is 10.2 Å². The van der Waals surface area contributed by atoms with Crippen molar-refractivity contribution in [2.24, 2.45) is 0 Å². The van der Waals surface area contributed by atoms with Gasteiger partial charge in [0.05, 0.1) is 0 Å². The van der Waals surface area contributed by atoms with E-state index in [1.54, 1.807) is 20.8 Å². The first-order valence-electron chi connectivity index (χ1n) is 7.17. The molecule has 0 aromatic carbocycles. The average molecular weight is 300 g/mol. The molecular formula is C14H24N2O5.